The Kier molecular flexibility index (Phi) is 6.40. The minimum Gasteiger partial charge on any atom is -0.480 e. The van der Waals surface area contributed by atoms with E-state index in [9.17, 15) is 13.2 Å². The molecule has 2 saturated carbocycles. The molecule has 0 saturated heterocycles. The fraction of sp³-hybridized carbons (Fsp3) is 0.407. The molecule has 0 atom stereocenters. The van der Waals surface area contributed by atoms with Gasteiger partial charge in [-0.3, -0.25) is 0 Å². The second-order valence-electron chi connectivity index (χ2n) is 9.81. The number of ether oxygens (including phenoxy) is 1. The average molecular weight is 537 g/mol. The van der Waals surface area contributed by atoms with E-state index in [0.717, 1.165) is 43.1 Å². The molecule has 0 aliphatic heterocycles. The van der Waals surface area contributed by atoms with E-state index in [-0.39, 0.29) is 6.04 Å². The Hall–Kier alpha value is -4.09. The molecule has 2 fully saturated rings. The maximum absolute atomic E-state index is 13.3. The second kappa shape index (κ2) is 9.90. The molecule has 4 aromatic rings. The van der Waals surface area contributed by atoms with E-state index < -0.39 is 11.9 Å². The highest BCUT2D eigenvalue weighted by Crippen LogP contribution is 2.45. The van der Waals surface area contributed by atoms with Crippen LogP contribution in [-0.4, -0.2) is 41.6 Å². The van der Waals surface area contributed by atoms with Gasteiger partial charge in [0.25, 0.3) is 0 Å². The third kappa shape index (κ3) is 5.27. The van der Waals surface area contributed by atoms with E-state index in [1.165, 1.54) is 6.33 Å². The summed E-state index contributed by atoms with van der Waals surface area (Å²) in [5, 5.41) is 3.26. The van der Waals surface area contributed by atoms with Gasteiger partial charge in [0.05, 0.1) is 12.8 Å². The zero-order valence-electron chi connectivity index (χ0n) is 21.5. The fourth-order valence-corrected chi connectivity index (χ4v) is 4.51. The highest BCUT2D eigenvalue weighted by Gasteiger charge is 2.37. The van der Waals surface area contributed by atoms with Crippen LogP contribution in [0.2, 0.25) is 0 Å². The number of aryl methyl sites for hydroxylation is 1. The molecule has 6 rings (SSSR count). The molecule has 3 aromatic heterocycles. The summed E-state index contributed by atoms with van der Waals surface area (Å²) >= 11 is 0. The minimum absolute atomic E-state index is 0.0739. The lowest BCUT2D eigenvalue weighted by atomic mass is 10.1. The van der Waals surface area contributed by atoms with Crippen molar-refractivity contribution in [3.8, 4) is 28.7 Å². The lowest BCUT2D eigenvalue weighted by Crippen LogP contribution is -2.10. The summed E-state index contributed by atoms with van der Waals surface area (Å²) in [5.41, 5.74) is 2.27. The molecule has 0 radical (unpaired) electrons. The number of aromatic nitrogens is 7. The Labute approximate surface area is 223 Å². The highest BCUT2D eigenvalue weighted by molar-refractivity contribution is 5.66. The van der Waals surface area contributed by atoms with Crippen LogP contribution < -0.4 is 10.1 Å². The van der Waals surface area contributed by atoms with Gasteiger partial charge < -0.3 is 14.6 Å². The van der Waals surface area contributed by atoms with E-state index in [1.807, 2.05) is 19.1 Å². The molecule has 3 heterocycles. The first kappa shape index (κ1) is 25.2. The zero-order valence-corrected chi connectivity index (χ0v) is 21.5. The van der Waals surface area contributed by atoms with Crippen molar-refractivity contribution < 1.29 is 17.9 Å². The Balaban J connectivity index is 1.24. The first-order valence-corrected chi connectivity index (χ1v) is 13.0. The van der Waals surface area contributed by atoms with Gasteiger partial charge >= 0.3 is 6.18 Å². The predicted molar refractivity (Wildman–Crippen MR) is 137 cm³/mol. The Bertz CT molecular complexity index is 1490. The van der Waals surface area contributed by atoms with Gasteiger partial charge in [0, 0.05) is 36.7 Å². The second-order valence-corrected chi connectivity index (χ2v) is 9.81. The molecule has 39 heavy (non-hydrogen) atoms. The van der Waals surface area contributed by atoms with Crippen LogP contribution >= 0.6 is 0 Å². The number of methoxy groups -OCH3 is 1. The monoisotopic (exact) mass is 536 g/mol. The largest absolute Gasteiger partial charge is 0.480 e. The van der Waals surface area contributed by atoms with Gasteiger partial charge in [-0.25, -0.2) is 19.9 Å². The van der Waals surface area contributed by atoms with Gasteiger partial charge in [0.1, 0.15) is 23.5 Å². The molecule has 0 unspecified atom stereocenters. The standard InChI is InChI=1S/C27H27F3N8O/c1-3-20-35-23(21-22(16-8-9-16)32-14-33-25(21)39-2)37-26(36-20)31-12-15-4-6-17(7-5-15)24-34-19(27(28,29)30)13-38(24)18-10-11-18/h4-7,13-14,16,18H,3,8-12H2,1-2H3,(H,31,35,36,37). The van der Waals surface area contributed by atoms with Crippen LogP contribution in [0.3, 0.4) is 0 Å². The van der Waals surface area contributed by atoms with Crippen molar-refractivity contribution in [1.82, 2.24) is 34.5 Å². The zero-order chi connectivity index (χ0) is 27.1. The number of nitrogens with zero attached hydrogens (tertiary/aromatic N) is 7. The summed E-state index contributed by atoms with van der Waals surface area (Å²) in [6, 6.07) is 7.39. The minimum atomic E-state index is -4.48. The maximum atomic E-state index is 13.3. The van der Waals surface area contributed by atoms with E-state index in [0.29, 0.717) is 59.3 Å². The summed E-state index contributed by atoms with van der Waals surface area (Å²) < 4.78 is 47.0. The van der Waals surface area contributed by atoms with Crippen molar-refractivity contribution in [1.29, 1.82) is 0 Å². The van der Waals surface area contributed by atoms with Crippen molar-refractivity contribution in [2.24, 2.45) is 0 Å². The fourth-order valence-electron chi connectivity index (χ4n) is 4.51. The summed E-state index contributed by atoms with van der Waals surface area (Å²) in [6.07, 6.45) is 2.58. The molecule has 2 aliphatic rings. The van der Waals surface area contributed by atoms with Gasteiger partial charge in [-0.1, -0.05) is 31.2 Å². The van der Waals surface area contributed by atoms with Crippen LogP contribution in [-0.2, 0) is 19.1 Å². The van der Waals surface area contributed by atoms with Crippen molar-refractivity contribution in [2.75, 3.05) is 12.4 Å². The van der Waals surface area contributed by atoms with Gasteiger partial charge in [-0.15, -0.1) is 0 Å². The Morgan fingerprint density at radius 1 is 1.00 bits per heavy atom. The SMILES string of the molecule is CCc1nc(NCc2ccc(-c3nc(C(F)(F)F)cn3C3CC3)cc2)nc(-c2c(OC)ncnc2C2CC2)n1. The molecule has 0 bridgehead atoms. The molecular weight excluding hydrogens is 509 g/mol. The summed E-state index contributed by atoms with van der Waals surface area (Å²) in [7, 11) is 1.56. The first-order valence-electron chi connectivity index (χ1n) is 13.0. The van der Waals surface area contributed by atoms with Crippen molar-refractivity contribution >= 4 is 5.95 Å². The quantitative estimate of drug-likeness (QED) is 0.295. The number of halogens is 3. The number of rotatable bonds is 9. The number of hydrogen-bond acceptors (Lipinski definition) is 8. The number of hydrogen-bond donors (Lipinski definition) is 1. The molecule has 2 aliphatic carbocycles. The Morgan fingerprint density at radius 2 is 1.77 bits per heavy atom. The van der Waals surface area contributed by atoms with E-state index >= 15 is 0 Å². The number of nitrogens with one attached hydrogen (secondary N) is 1. The van der Waals surface area contributed by atoms with E-state index in [2.05, 4.69) is 35.2 Å². The summed E-state index contributed by atoms with van der Waals surface area (Å²) in [6.45, 7) is 2.38. The summed E-state index contributed by atoms with van der Waals surface area (Å²) in [5.74, 6) is 2.61. The van der Waals surface area contributed by atoms with Gasteiger partial charge in [-0.2, -0.15) is 23.1 Å². The lowest BCUT2D eigenvalue weighted by Gasteiger charge is -2.13. The average Bonchev–Trinajstić information content (AvgIpc) is 3.89. The van der Waals surface area contributed by atoms with Crippen LogP contribution in [0.15, 0.2) is 36.8 Å². The van der Waals surface area contributed by atoms with Gasteiger partial charge in [0.2, 0.25) is 11.8 Å². The van der Waals surface area contributed by atoms with E-state index in [4.69, 9.17) is 4.74 Å². The van der Waals surface area contributed by atoms with Crippen LogP contribution in [0, 0.1) is 0 Å². The molecule has 1 N–H and O–H groups in total. The Morgan fingerprint density at radius 3 is 2.41 bits per heavy atom. The topological polar surface area (TPSA) is 104 Å². The predicted octanol–water partition coefficient (Wildman–Crippen LogP) is 5.61. The molecule has 1 aromatic carbocycles. The van der Waals surface area contributed by atoms with Crippen molar-refractivity contribution in [3.63, 3.8) is 0 Å². The maximum Gasteiger partial charge on any atom is 0.434 e. The third-order valence-corrected chi connectivity index (χ3v) is 6.85. The molecule has 9 nitrogen and oxygen atoms in total. The molecule has 202 valence electrons. The molecule has 12 heteroatoms. The molecule has 0 amide bonds. The van der Waals surface area contributed by atoms with Crippen LogP contribution in [0.5, 0.6) is 5.88 Å². The third-order valence-electron chi connectivity index (χ3n) is 6.85. The van der Waals surface area contributed by atoms with E-state index in [1.54, 1.807) is 23.8 Å². The normalized spacial score (nSPS) is 15.4. The molecular formula is C27H27F3N8O. The number of anilines is 1. The van der Waals surface area contributed by atoms with Crippen molar-refractivity contribution in [2.45, 2.75) is 63.7 Å². The number of alkyl halides is 3. The lowest BCUT2D eigenvalue weighted by molar-refractivity contribution is -0.140. The number of benzene rings is 1. The highest BCUT2D eigenvalue weighted by atomic mass is 19.4. The smallest absolute Gasteiger partial charge is 0.434 e. The van der Waals surface area contributed by atoms with Gasteiger partial charge in [0.15, 0.2) is 11.5 Å². The van der Waals surface area contributed by atoms with Crippen molar-refractivity contribution in [3.05, 3.63) is 59.6 Å². The van der Waals surface area contributed by atoms with Gasteiger partial charge in [-0.05, 0) is 31.2 Å². The first-order chi connectivity index (χ1) is 18.8. The number of imidazole rings is 1. The van der Waals surface area contributed by atoms with Crippen LogP contribution in [0.25, 0.3) is 22.8 Å². The van der Waals surface area contributed by atoms with Crippen LogP contribution in [0.1, 0.15) is 67.3 Å². The van der Waals surface area contributed by atoms with Crippen LogP contribution in [0.4, 0.5) is 19.1 Å². The molecule has 0 spiro atoms. The summed E-state index contributed by atoms with van der Waals surface area (Å²) in [4.78, 5) is 26.5.